The quantitative estimate of drug-likeness (QED) is 0.490. The van der Waals surface area contributed by atoms with Gasteiger partial charge in [-0.2, -0.15) is 0 Å². The van der Waals surface area contributed by atoms with Gasteiger partial charge in [-0.3, -0.25) is 4.99 Å². The van der Waals surface area contributed by atoms with Gasteiger partial charge in [0.05, 0.1) is 0 Å². The number of rotatable bonds is 3. The third-order valence-corrected chi connectivity index (χ3v) is 2.21. The Balaban J connectivity index is 2.16. The fourth-order valence-corrected chi connectivity index (χ4v) is 1.18. The number of guanidine groups is 1. The first kappa shape index (κ1) is 9.36. The van der Waals surface area contributed by atoms with Crippen LogP contribution in [0.1, 0.15) is 32.6 Å². The van der Waals surface area contributed by atoms with Gasteiger partial charge in [0.1, 0.15) is 0 Å². The van der Waals surface area contributed by atoms with Crippen LogP contribution in [0.5, 0.6) is 0 Å². The van der Waals surface area contributed by atoms with Crippen LogP contribution in [0.2, 0.25) is 0 Å². The Hall–Kier alpha value is -0.730. The van der Waals surface area contributed by atoms with Gasteiger partial charge in [-0.25, -0.2) is 0 Å². The van der Waals surface area contributed by atoms with Crippen LogP contribution >= 0.6 is 0 Å². The fourth-order valence-electron chi connectivity index (χ4n) is 1.18. The first-order valence-corrected chi connectivity index (χ1v) is 4.84. The summed E-state index contributed by atoms with van der Waals surface area (Å²) in [4.78, 5) is 4.14. The molecule has 0 atom stereocenters. The SMILES string of the molecule is CCCNC(=NC)NC1CCC1. The second kappa shape index (κ2) is 5.01. The zero-order chi connectivity index (χ0) is 8.81. The molecule has 0 aromatic carbocycles. The maximum absolute atomic E-state index is 4.14. The molecule has 70 valence electrons. The van der Waals surface area contributed by atoms with Crippen LogP contribution in [0.3, 0.4) is 0 Å². The van der Waals surface area contributed by atoms with Gasteiger partial charge in [0.25, 0.3) is 0 Å². The Labute approximate surface area is 74.6 Å². The van der Waals surface area contributed by atoms with Crippen LogP contribution in [0, 0.1) is 0 Å². The van der Waals surface area contributed by atoms with Crippen LogP contribution in [0.4, 0.5) is 0 Å². The standard InChI is InChI=1S/C9H19N3/c1-3-7-11-9(10-2)12-8-5-4-6-8/h8H,3-7H2,1-2H3,(H2,10,11,12). The number of hydrogen-bond acceptors (Lipinski definition) is 1. The Bertz CT molecular complexity index is 150. The summed E-state index contributed by atoms with van der Waals surface area (Å²) in [5, 5.41) is 6.63. The topological polar surface area (TPSA) is 36.4 Å². The van der Waals surface area contributed by atoms with Gasteiger partial charge in [0, 0.05) is 19.6 Å². The molecule has 0 spiro atoms. The normalized spacial score (nSPS) is 18.7. The highest BCUT2D eigenvalue weighted by molar-refractivity contribution is 5.79. The van der Waals surface area contributed by atoms with Crippen LogP contribution in [-0.2, 0) is 0 Å². The minimum atomic E-state index is 0.674. The Morgan fingerprint density at radius 1 is 1.50 bits per heavy atom. The average molecular weight is 169 g/mol. The minimum Gasteiger partial charge on any atom is -0.356 e. The molecule has 0 amide bonds. The molecule has 1 fully saturated rings. The maximum atomic E-state index is 4.14. The summed E-state index contributed by atoms with van der Waals surface area (Å²) < 4.78 is 0. The molecule has 0 radical (unpaired) electrons. The van der Waals surface area contributed by atoms with Crippen molar-refractivity contribution in [1.82, 2.24) is 10.6 Å². The van der Waals surface area contributed by atoms with E-state index in [9.17, 15) is 0 Å². The fraction of sp³-hybridized carbons (Fsp3) is 0.889. The van der Waals surface area contributed by atoms with Gasteiger partial charge in [0.2, 0.25) is 0 Å². The van der Waals surface area contributed by atoms with Gasteiger partial charge >= 0.3 is 0 Å². The van der Waals surface area contributed by atoms with Crippen molar-refractivity contribution in [3.8, 4) is 0 Å². The molecule has 1 rings (SSSR count). The van der Waals surface area contributed by atoms with E-state index in [-0.39, 0.29) is 0 Å². The van der Waals surface area contributed by atoms with Gasteiger partial charge in [-0.15, -0.1) is 0 Å². The second-order valence-corrected chi connectivity index (χ2v) is 3.27. The molecule has 0 aromatic heterocycles. The van der Waals surface area contributed by atoms with Crippen molar-refractivity contribution >= 4 is 5.96 Å². The van der Waals surface area contributed by atoms with E-state index in [1.54, 1.807) is 0 Å². The molecule has 0 bridgehead atoms. The lowest BCUT2D eigenvalue weighted by atomic mass is 9.93. The summed E-state index contributed by atoms with van der Waals surface area (Å²) >= 11 is 0. The Morgan fingerprint density at radius 3 is 2.67 bits per heavy atom. The van der Waals surface area contributed by atoms with Crippen molar-refractivity contribution in [3.63, 3.8) is 0 Å². The molecule has 0 aromatic rings. The van der Waals surface area contributed by atoms with E-state index in [0.29, 0.717) is 6.04 Å². The molecule has 3 nitrogen and oxygen atoms in total. The van der Waals surface area contributed by atoms with Crippen molar-refractivity contribution in [1.29, 1.82) is 0 Å². The van der Waals surface area contributed by atoms with E-state index in [1.165, 1.54) is 19.3 Å². The Morgan fingerprint density at radius 2 is 2.25 bits per heavy atom. The second-order valence-electron chi connectivity index (χ2n) is 3.27. The summed E-state index contributed by atoms with van der Waals surface area (Å²) in [6, 6.07) is 0.674. The van der Waals surface area contributed by atoms with Gasteiger partial charge < -0.3 is 10.6 Å². The van der Waals surface area contributed by atoms with Crippen LogP contribution in [0.15, 0.2) is 4.99 Å². The summed E-state index contributed by atoms with van der Waals surface area (Å²) in [6.45, 7) is 3.16. The molecule has 1 aliphatic carbocycles. The summed E-state index contributed by atoms with van der Waals surface area (Å²) in [5.74, 6) is 0.960. The van der Waals surface area contributed by atoms with E-state index in [4.69, 9.17) is 0 Å². The molecule has 12 heavy (non-hydrogen) atoms. The monoisotopic (exact) mass is 169 g/mol. The van der Waals surface area contributed by atoms with Gasteiger partial charge in [0.15, 0.2) is 5.96 Å². The molecule has 0 saturated heterocycles. The van der Waals surface area contributed by atoms with Gasteiger partial charge in [-0.1, -0.05) is 6.92 Å². The van der Waals surface area contributed by atoms with Crippen molar-refractivity contribution < 1.29 is 0 Å². The molecular weight excluding hydrogens is 150 g/mol. The van der Waals surface area contributed by atoms with Crippen LogP contribution in [-0.4, -0.2) is 25.6 Å². The predicted molar refractivity (Wildman–Crippen MR) is 52.4 cm³/mol. The molecular formula is C9H19N3. The predicted octanol–water partition coefficient (Wildman–Crippen LogP) is 1.11. The van der Waals surface area contributed by atoms with E-state index in [0.717, 1.165) is 18.9 Å². The zero-order valence-electron chi connectivity index (χ0n) is 8.06. The molecule has 0 unspecified atom stereocenters. The summed E-state index contributed by atoms with van der Waals surface area (Å²) in [6.07, 6.45) is 5.10. The maximum Gasteiger partial charge on any atom is 0.191 e. The van der Waals surface area contributed by atoms with Gasteiger partial charge in [-0.05, 0) is 25.7 Å². The molecule has 2 N–H and O–H groups in total. The van der Waals surface area contributed by atoms with Crippen molar-refractivity contribution in [3.05, 3.63) is 0 Å². The highest BCUT2D eigenvalue weighted by atomic mass is 15.2. The number of nitrogens with zero attached hydrogens (tertiary/aromatic N) is 1. The van der Waals surface area contributed by atoms with E-state index in [1.807, 2.05) is 7.05 Å². The lowest BCUT2D eigenvalue weighted by Gasteiger charge is -2.28. The molecule has 1 saturated carbocycles. The molecule has 3 heteroatoms. The third-order valence-electron chi connectivity index (χ3n) is 2.21. The first-order chi connectivity index (χ1) is 5.86. The number of nitrogens with one attached hydrogen (secondary N) is 2. The number of aliphatic imine (C=N–C) groups is 1. The van der Waals surface area contributed by atoms with Crippen LogP contribution < -0.4 is 10.6 Å². The lowest BCUT2D eigenvalue weighted by Crippen LogP contribution is -2.46. The van der Waals surface area contributed by atoms with Crippen LogP contribution in [0.25, 0.3) is 0 Å². The van der Waals surface area contributed by atoms with Crippen molar-refractivity contribution in [2.75, 3.05) is 13.6 Å². The minimum absolute atomic E-state index is 0.674. The highest BCUT2D eigenvalue weighted by Gasteiger charge is 2.17. The smallest absolute Gasteiger partial charge is 0.191 e. The first-order valence-electron chi connectivity index (χ1n) is 4.84. The third kappa shape index (κ3) is 2.72. The Kier molecular flexibility index (Phi) is 3.91. The average Bonchev–Trinajstić information content (AvgIpc) is 2.02. The van der Waals surface area contributed by atoms with Crippen molar-refractivity contribution in [2.45, 2.75) is 38.6 Å². The molecule has 0 aliphatic heterocycles. The van der Waals surface area contributed by atoms with E-state index >= 15 is 0 Å². The largest absolute Gasteiger partial charge is 0.356 e. The summed E-state index contributed by atoms with van der Waals surface area (Å²) in [7, 11) is 1.82. The number of hydrogen-bond donors (Lipinski definition) is 2. The van der Waals surface area contributed by atoms with Crippen molar-refractivity contribution in [2.24, 2.45) is 4.99 Å². The summed E-state index contributed by atoms with van der Waals surface area (Å²) in [5.41, 5.74) is 0. The highest BCUT2D eigenvalue weighted by Crippen LogP contribution is 2.17. The van der Waals surface area contributed by atoms with E-state index in [2.05, 4.69) is 22.5 Å². The zero-order valence-corrected chi connectivity index (χ0v) is 8.06. The molecule has 0 heterocycles. The lowest BCUT2D eigenvalue weighted by molar-refractivity contribution is 0.380. The molecule has 1 aliphatic rings. The van der Waals surface area contributed by atoms with E-state index < -0.39 is 0 Å².